The van der Waals surface area contributed by atoms with Crippen molar-refractivity contribution in [2.24, 2.45) is 0 Å². The molecule has 26 heavy (non-hydrogen) atoms. The molecule has 5 rings (SSSR count). The molecule has 2 heterocycles. The first kappa shape index (κ1) is 16.2. The summed E-state index contributed by atoms with van der Waals surface area (Å²) in [6.07, 6.45) is 6.30. The van der Waals surface area contributed by atoms with Crippen LogP contribution in [0.2, 0.25) is 0 Å². The average Bonchev–Trinajstić information content (AvgIpc) is 3.18. The van der Waals surface area contributed by atoms with E-state index in [4.69, 9.17) is 9.47 Å². The van der Waals surface area contributed by atoms with Gasteiger partial charge in [-0.2, -0.15) is 0 Å². The van der Waals surface area contributed by atoms with Crippen LogP contribution >= 0.6 is 0 Å². The Kier molecular flexibility index (Phi) is 4.33. The maximum Gasteiger partial charge on any atom is 0.231 e. The van der Waals surface area contributed by atoms with Crippen LogP contribution in [0.25, 0.3) is 0 Å². The predicted octanol–water partition coefficient (Wildman–Crippen LogP) is 4.71. The highest BCUT2D eigenvalue weighted by Gasteiger charge is 2.30. The van der Waals surface area contributed by atoms with E-state index < -0.39 is 0 Å². The van der Waals surface area contributed by atoms with Gasteiger partial charge in [0, 0.05) is 18.7 Å². The summed E-state index contributed by atoms with van der Waals surface area (Å²) in [6, 6.07) is 15.5. The summed E-state index contributed by atoms with van der Waals surface area (Å²) in [5.41, 5.74) is 4.42. The highest BCUT2D eigenvalue weighted by Crippen LogP contribution is 2.44. The molecule has 0 spiro atoms. The molecule has 0 aromatic heterocycles. The van der Waals surface area contributed by atoms with Crippen LogP contribution in [-0.4, -0.2) is 31.3 Å². The van der Waals surface area contributed by atoms with E-state index in [1.165, 1.54) is 62.0 Å². The Morgan fingerprint density at radius 3 is 2.81 bits per heavy atom. The van der Waals surface area contributed by atoms with Gasteiger partial charge >= 0.3 is 0 Å². The van der Waals surface area contributed by atoms with Crippen molar-refractivity contribution in [2.45, 2.75) is 43.9 Å². The smallest absolute Gasteiger partial charge is 0.231 e. The minimum atomic E-state index is 0.376. The van der Waals surface area contributed by atoms with E-state index in [0.717, 1.165) is 17.9 Å². The van der Waals surface area contributed by atoms with Gasteiger partial charge in [-0.05, 0) is 67.7 Å². The van der Waals surface area contributed by atoms with Gasteiger partial charge in [0.25, 0.3) is 0 Å². The molecule has 0 saturated carbocycles. The highest BCUT2D eigenvalue weighted by atomic mass is 16.7. The van der Waals surface area contributed by atoms with Crippen molar-refractivity contribution in [3.63, 3.8) is 0 Å². The second-order valence-corrected chi connectivity index (χ2v) is 7.97. The fourth-order valence-electron chi connectivity index (χ4n) is 5.09. The van der Waals surface area contributed by atoms with Gasteiger partial charge in [0.05, 0.1) is 0 Å². The maximum atomic E-state index is 5.77. The highest BCUT2D eigenvalue weighted by molar-refractivity contribution is 5.54. The van der Waals surface area contributed by atoms with Crippen LogP contribution in [-0.2, 0) is 6.42 Å². The molecule has 2 unspecified atom stereocenters. The lowest BCUT2D eigenvalue weighted by atomic mass is 9.81. The normalized spacial score (nSPS) is 25.1. The third-order valence-corrected chi connectivity index (χ3v) is 6.35. The van der Waals surface area contributed by atoms with Gasteiger partial charge < -0.3 is 14.4 Å². The molecule has 0 bridgehead atoms. The molecule has 2 aromatic rings. The summed E-state index contributed by atoms with van der Waals surface area (Å²) in [7, 11) is 0. The Balaban J connectivity index is 1.33. The number of hydrogen-bond acceptors (Lipinski definition) is 3. The van der Waals surface area contributed by atoms with Gasteiger partial charge in [0.1, 0.15) is 0 Å². The largest absolute Gasteiger partial charge is 0.454 e. The average molecular weight is 349 g/mol. The number of likely N-dealkylation sites (tertiary alicyclic amines) is 1. The van der Waals surface area contributed by atoms with Crippen molar-refractivity contribution in [2.75, 3.05) is 26.4 Å². The summed E-state index contributed by atoms with van der Waals surface area (Å²) in [5.74, 6) is 3.27. The van der Waals surface area contributed by atoms with Crippen LogP contribution in [0, 0.1) is 0 Å². The topological polar surface area (TPSA) is 21.7 Å². The maximum absolute atomic E-state index is 5.77. The van der Waals surface area contributed by atoms with E-state index in [-0.39, 0.29) is 0 Å². The van der Waals surface area contributed by atoms with Crippen molar-refractivity contribution < 1.29 is 9.47 Å². The third kappa shape index (κ3) is 2.99. The lowest BCUT2D eigenvalue weighted by molar-refractivity contribution is 0.172. The van der Waals surface area contributed by atoms with Crippen molar-refractivity contribution in [1.29, 1.82) is 0 Å². The zero-order valence-corrected chi connectivity index (χ0v) is 15.3. The summed E-state index contributed by atoms with van der Waals surface area (Å²) in [5, 5.41) is 0. The van der Waals surface area contributed by atoms with Gasteiger partial charge in [-0.3, -0.25) is 0 Å². The Hall–Kier alpha value is -2.00. The molecule has 1 saturated heterocycles. The third-order valence-electron chi connectivity index (χ3n) is 6.35. The zero-order chi connectivity index (χ0) is 17.3. The number of ether oxygens (including phenoxy) is 2. The van der Waals surface area contributed by atoms with Crippen LogP contribution < -0.4 is 9.47 Å². The number of benzene rings is 2. The fraction of sp³-hybridized carbons (Fsp3) is 0.478. The lowest BCUT2D eigenvalue weighted by Gasteiger charge is -2.37. The SMILES string of the molecule is c1ccc(C2CCCN(CC3CCCc4c3ccc3c4OCO3)C2)cc1. The molecule has 136 valence electrons. The minimum Gasteiger partial charge on any atom is -0.454 e. The number of piperidine rings is 1. The molecule has 3 heteroatoms. The molecule has 1 fully saturated rings. The zero-order valence-electron chi connectivity index (χ0n) is 15.3. The summed E-state index contributed by atoms with van der Waals surface area (Å²) in [6.45, 7) is 3.98. The molecule has 0 N–H and O–H groups in total. The van der Waals surface area contributed by atoms with Crippen LogP contribution in [0.3, 0.4) is 0 Å². The first-order valence-electron chi connectivity index (χ1n) is 10.1. The van der Waals surface area contributed by atoms with Gasteiger partial charge in [-0.1, -0.05) is 36.4 Å². The van der Waals surface area contributed by atoms with Crippen molar-refractivity contribution in [3.05, 3.63) is 59.2 Å². The predicted molar refractivity (Wildman–Crippen MR) is 103 cm³/mol. The summed E-state index contributed by atoms with van der Waals surface area (Å²) < 4.78 is 11.4. The molecule has 0 radical (unpaired) electrons. The van der Waals surface area contributed by atoms with Crippen molar-refractivity contribution in [3.8, 4) is 11.5 Å². The second-order valence-electron chi connectivity index (χ2n) is 7.97. The van der Waals surface area contributed by atoms with Gasteiger partial charge in [-0.25, -0.2) is 0 Å². The van der Waals surface area contributed by atoms with Gasteiger partial charge in [-0.15, -0.1) is 0 Å². The van der Waals surface area contributed by atoms with E-state index in [1.807, 2.05) is 0 Å². The molecular formula is C23H27NO2. The number of nitrogens with zero attached hydrogens (tertiary/aromatic N) is 1. The quantitative estimate of drug-likeness (QED) is 0.801. The molecule has 2 aromatic carbocycles. The Morgan fingerprint density at radius 1 is 0.962 bits per heavy atom. The van der Waals surface area contributed by atoms with Crippen LogP contribution in [0.5, 0.6) is 11.5 Å². The number of rotatable bonds is 3. The van der Waals surface area contributed by atoms with Gasteiger partial charge in [0.15, 0.2) is 11.5 Å². The van der Waals surface area contributed by atoms with Crippen LogP contribution in [0.1, 0.15) is 54.2 Å². The van der Waals surface area contributed by atoms with E-state index in [9.17, 15) is 0 Å². The Bertz CT molecular complexity index is 773. The standard InChI is InChI=1S/C23H27NO2/c1-2-6-17(7-3-1)18-9-5-13-24(14-18)15-19-8-4-10-21-20(19)11-12-22-23(21)26-16-25-22/h1-3,6-7,11-12,18-19H,4-5,8-10,13-16H2. The van der Waals surface area contributed by atoms with Crippen LogP contribution in [0.4, 0.5) is 0 Å². The van der Waals surface area contributed by atoms with Gasteiger partial charge in [0.2, 0.25) is 6.79 Å². The van der Waals surface area contributed by atoms with E-state index >= 15 is 0 Å². The van der Waals surface area contributed by atoms with Crippen molar-refractivity contribution >= 4 is 0 Å². The van der Waals surface area contributed by atoms with Crippen molar-refractivity contribution in [1.82, 2.24) is 4.90 Å². The Morgan fingerprint density at radius 2 is 1.88 bits per heavy atom. The Labute approximate surface area is 155 Å². The number of fused-ring (bicyclic) bond motifs is 3. The van der Waals surface area contributed by atoms with Crippen LogP contribution in [0.15, 0.2) is 42.5 Å². The minimum absolute atomic E-state index is 0.376. The summed E-state index contributed by atoms with van der Waals surface area (Å²) >= 11 is 0. The monoisotopic (exact) mass is 349 g/mol. The molecule has 2 aliphatic heterocycles. The molecule has 1 aliphatic carbocycles. The molecular weight excluding hydrogens is 322 g/mol. The van der Waals surface area contributed by atoms with E-state index in [1.54, 1.807) is 0 Å². The second kappa shape index (κ2) is 6.96. The lowest BCUT2D eigenvalue weighted by Crippen LogP contribution is -2.37. The number of hydrogen-bond donors (Lipinski definition) is 0. The molecule has 0 amide bonds. The van der Waals surface area contributed by atoms with E-state index in [2.05, 4.69) is 47.4 Å². The molecule has 3 nitrogen and oxygen atoms in total. The molecule has 2 atom stereocenters. The fourth-order valence-corrected chi connectivity index (χ4v) is 5.09. The first-order valence-corrected chi connectivity index (χ1v) is 10.1. The van der Waals surface area contributed by atoms with E-state index in [0.29, 0.717) is 18.6 Å². The first-order chi connectivity index (χ1) is 12.9. The molecule has 3 aliphatic rings. The summed E-state index contributed by atoms with van der Waals surface area (Å²) in [4.78, 5) is 2.70.